The second-order valence-corrected chi connectivity index (χ2v) is 7.41. The fourth-order valence-corrected chi connectivity index (χ4v) is 4.47. The van der Waals surface area contributed by atoms with E-state index in [4.69, 9.17) is 5.73 Å². The first-order valence-electron chi connectivity index (χ1n) is 5.96. The minimum atomic E-state index is -3.73. The van der Waals surface area contributed by atoms with Gasteiger partial charge in [-0.1, -0.05) is 0 Å². The molecule has 0 aliphatic carbocycles. The Morgan fingerprint density at radius 2 is 2.20 bits per heavy atom. The Balaban J connectivity index is 2.39. The maximum atomic E-state index is 12.6. The maximum absolute atomic E-state index is 12.6. The van der Waals surface area contributed by atoms with Crippen LogP contribution in [0.3, 0.4) is 0 Å². The van der Waals surface area contributed by atoms with Crippen LogP contribution >= 0.6 is 11.3 Å². The highest BCUT2D eigenvalue weighted by molar-refractivity contribution is 7.89. The van der Waals surface area contributed by atoms with E-state index >= 15 is 0 Å². The normalized spacial score (nSPS) is 12.8. The Morgan fingerprint density at radius 3 is 2.75 bits per heavy atom. The second-order valence-electron chi connectivity index (χ2n) is 4.90. The molecule has 0 fully saturated rings. The first-order valence-corrected chi connectivity index (χ1v) is 8.32. The summed E-state index contributed by atoms with van der Waals surface area (Å²) in [5, 5.41) is 9.06. The van der Waals surface area contributed by atoms with Crippen molar-refractivity contribution in [2.75, 3.05) is 0 Å². The standard InChI is InChI=1S/C11H17N5O2S2/c1-7-9(8(6-12)15-14-7)20(17,18)16-11(2,3)10-13-4-5-19-10/h4-5,16H,6,12H2,1-3H3,(H,14,15). The summed E-state index contributed by atoms with van der Waals surface area (Å²) in [7, 11) is -3.73. The third-order valence-corrected chi connectivity index (χ3v) is 5.73. The van der Waals surface area contributed by atoms with Crippen LogP contribution in [0.5, 0.6) is 0 Å². The fraction of sp³-hybridized carbons (Fsp3) is 0.455. The van der Waals surface area contributed by atoms with Gasteiger partial charge in [0.15, 0.2) is 0 Å². The number of nitrogens with two attached hydrogens (primary N) is 1. The molecule has 2 heterocycles. The molecule has 0 amide bonds. The van der Waals surface area contributed by atoms with Gasteiger partial charge in [0.2, 0.25) is 10.0 Å². The van der Waals surface area contributed by atoms with Crippen molar-refractivity contribution in [1.82, 2.24) is 19.9 Å². The van der Waals surface area contributed by atoms with E-state index in [1.807, 2.05) is 0 Å². The Kier molecular flexibility index (Phi) is 3.96. The molecule has 0 atom stereocenters. The zero-order valence-corrected chi connectivity index (χ0v) is 13.1. The highest BCUT2D eigenvalue weighted by atomic mass is 32.2. The van der Waals surface area contributed by atoms with Gasteiger partial charge in [0.1, 0.15) is 9.90 Å². The van der Waals surface area contributed by atoms with Crippen LogP contribution in [0, 0.1) is 6.92 Å². The van der Waals surface area contributed by atoms with Crippen LogP contribution in [0.15, 0.2) is 16.5 Å². The maximum Gasteiger partial charge on any atom is 0.245 e. The summed E-state index contributed by atoms with van der Waals surface area (Å²) in [5.41, 5.74) is 5.52. The molecule has 0 aromatic carbocycles. The molecule has 2 aromatic heterocycles. The van der Waals surface area contributed by atoms with Crippen molar-refractivity contribution < 1.29 is 8.42 Å². The van der Waals surface area contributed by atoms with E-state index in [2.05, 4.69) is 19.9 Å². The van der Waals surface area contributed by atoms with Gasteiger partial charge in [0, 0.05) is 18.1 Å². The lowest BCUT2D eigenvalue weighted by atomic mass is 10.1. The molecule has 0 bridgehead atoms. The lowest BCUT2D eigenvalue weighted by Crippen LogP contribution is -2.41. The minimum Gasteiger partial charge on any atom is -0.325 e. The van der Waals surface area contributed by atoms with Gasteiger partial charge in [-0.05, 0) is 20.8 Å². The highest BCUT2D eigenvalue weighted by Gasteiger charge is 2.33. The van der Waals surface area contributed by atoms with Crippen molar-refractivity contribution in [2.45, 2.75) is 37.8 Å². The van der Waals surface area contributed by atoms with Crippen LogP contribution in [-0.2, 0) is 22.1 Å². The van der Waals surface area contributed by atoms with Crippen LogP contribution < -0.4 is 10.5 Å². The van der Waals surface area contributed by atoms with E-state index < -0.39 is 15.6 Å². The van der Waals surface area contributed by atoms with Gasteiger partial charge in [0.05, 0.1) is 16.9 Å². The summed E-state index contributed by atoms with van der Waals surface area (Å²) in [6.45, 7) is 5.23. The van der Waals surface area contributed by atoms with Crippen LogP contribution in [-0.4, -0.2) is 23.6 Å². The van der Waals surface area contributed by atoms with Crippen molar-refractivity contribution in [1.29, 1.82) is 0 Å². The van der Waals surface area contributed by atoms with Gasteiger partial charge in [-0.2, -0.15) is 9.82 Å². The summed E-state index contributed by atoms with van der Waals surface area (Å²) in [5.74, 6) is 0. The van der Waals surface area contributed by atoms with Crippen LogP contribution in [0.1, 0.15) is 30.2 Å². The number of hydrogen-bond donors (Lipinski definition) is 3. The quantitative estimate of drug-likeness (QED) is 0.757. The van der Waals surface area contributed by atoms with Gasteiger partial charge in [-0.3, -0.25) is 5.10 Å². The predicted octanol–water partition coefficient (Wildman–Crippen LogP) is 0.847. The predicted molar refractivity (Wildman–Crippen MR) is 76.7 cm³/mol. The molecule has 0 aliphatic heterocycles. The van der Waals surface area contributed by atoms with Crippen LogP contribution in [0.2, 0.25) is 0 Å². The van der Waals surface area contributed by atoms with Crippen LogP contribution in [0.25, 0.3) is 0 Å². The number of sulfonamides is 1. The van der Waals surface area contributed by atoms with E-state index in [-0.39, 0.29) is 11.4 Å². The number of thiazole rings is 1. The SMILES string of the molecule is Cc1[nH]nc(CN)c1S(=O)(=O)NC(C)(C)c1nccs1. The number of H-pyrrole nitrogens is 1. The van der Waals surface area contributed by atoms with Crippen molar-refractivity contribution in [3.8, 4) is 0 Å². The topological polar surface area (TPSA) is 114 Å². The summed E-state index contributed by atoms with van der Waals surface area (Å²) in [6.07, 6.45) is 1.64. The first-order chi connectivity index (χ1) is 9.28. The molecular weight excluding hydrogens is 298 g/mol. The molecule has 2 rings (SSSR count). The third-order valence-electron chi connectivity index (χ3n) is 2.78. The molecule has 0 radical (unpaired) electrons. The van der Waals surface area contributed by atoms with Crippen molar-refractivity contribution in [3.05, 3.63) is 28.0 Å². The van der Waals surface area contributed by atoms with Crippen LogP contribution in [0.4, 0.5) is 0 Å². The molecule has 0 saturated heterocycles. The molecule has 110 valence electrons. The summed E-state index contributed by atoms with van der Waals surface area (Å²) < 4.78 is 27.8. The van der Waals surface area contributed by atoms with Crippen molar-refractivity contribution in [3.63, 3.8) is 0 Å². The average Bonchev–Trinajstić information content (AvgIpc) is 2.95. The summed E-state index contributed by atoms with van der Waals surface area (Å²) in [4.78, 5) is 4.28. The van der Waals surface area contributed by atoms with E-state index in [9.17, 15) is 8.42 Å². The zero-order valence-electron chi connectivity index (χ0n) is 11.5. The molecular formula is C11H17N5O2S2. The number of nitrogens with one attached hydrogen (secondary N) is 2. The highest BCUT2D eigenvalue weighted by Crippen LogP contribution is 2.26. The lowest BCUT2D eigenvalue weighted by Gasteiger charge is -2.23. The third kappa shape index (κ3) is 2.75. The number of aromatic nitrogens is 3. The summed E-state index contributed by atoms with van der Waals surface area (Å²) >= 11 is 1.40. The summed E-state index contributed by atoms with van der Waals surface area (Å²) in [6, 6.07) is 0. The molecule has 0 unspecified atom stereocenters. The monoisotopic (exact) mass is 315 g/mol. The zero-order chi connectivity index (χ0) is 15.0. The van der Waals surface area contributed by atoms with Gasteiger partial charge in [0.25, 0.3) is 0 Å². The van der Waals surface area contributed by atoms with Crippen molar-refractivity contribution >= 4 is 21.4 Å². The van der Waals surface area contributed by atoms with Crippen molar-refractivity contribution in [2.24, 2.45) is 5.73 Å². The Bertz CT molecular complexity index is 688. The van der Waals surface area contributed by atoms with E-state index in [1.165, 1.54) is 11.3 Å². The Hall–Kier alpha value is -1.29. The molecule has 2 aromatic rings. The number of hydrogen-bond acceptors (Lipinski definition) is 6. The molecule has 0 saturated carbocycles. The van der Waals surface area contributed by atoms with E-state index in [0.717, 1.165) is 0 Å². The van der Waals surface area contributed by atoms with Gasteiger partial charge in [-0.15, -0.1) is 11.3 Å². The van der Waals surface area contributed by atoms with E-state index in [1.54, 1.807) is 32.3 Å². The van der Waals surface area contributed by atoms with Gasteiger partial charge < -0.3 is 5.73 Å². The fourth-order valence-electron chi connectivity index (χ4n) is 1.93. The Morgan fingerprint density at radius 1 is 1.50 bits per heavy atom. The van der Waals surface area contributed by atoms with E-state index in [0.29, 0.717) is 16.4 Å². The number of rotatable bonds is 5. The minimum absolute atomic E-state index is 0.0538. The number of nitrogens with zero attached hydrogens (tertiary/aromatic N) is 2. The van der Waals surface area contributed by atoms with Gasteiger partial charge >= 0.3 is 0 Å². The molecule has 0 aliphatic rings. The molecule has 0 spiro atoms. The molecule has 7 nitrogen and oxygen atoms in total. The number of aromatic amines is 1. The molecule has 9 heteroatoms. The Labute approximate surface area is 121 Å². The van der Waals surface area contributed by atoms with Gasteiger partial charge in [-0.25, -0.2) is 13.4 Å². The smallest absolute Gasteiger partial charge is 0.245 e. The molecule has 20 heavy (non-hydrogen) atoms. The lowest BCUT2D eigenvalue weighted by molar-refractivity contribution is 0.469. The second kappa shape index (κ2) is 5.24. The first kappa shape index (κ1) is 15.1. The molecule has 4 N–H and O–H groups in total. The largest absolute Gasteiger partial charge is 0.325 e. The number of aryl methyl sites for hydroxylation is 1. The average molecular weight is 315 g/mol.